The summed E-state index contributed by atoms with van der Waals surface area (Å²) in [6.07, 6.45) is 1.10. The first-order chi connectivity index (χ1) is 12.5. The van der Waals surface area contributed by atoms with E-state index in [9.17, 15) is 14.4 Å². The Labute approximate surface area is 153 Å². The lowest BCUT2D eigenvalue weighted by Gasteiger charge is -2.08. The second-order valence-corrected chi connectivity index (χ2v) is 5.85. The number of hydrogen-bond donors (Lipinski definition) is 3. The standard InChI is InChI=1S/C20H23N3O3/c1-15(24)23-18-9-5-8-17(14-18)20(26)22-13-12-21-19(25)11-10-16-6-3-2-4-7-16/h2-9,14H,10-13H2,1H3,(H,21,25)(H,22,26)(H,23,24). The predicted molar refractivity (Wildman–Crippen MR) is 101 cm³/mol. The van der Waals surface area contributed by atoms with Crippen LogP contribution < -0.4 is 16.0 Å². The number of anilines is 1. The maximum atomic E-state index is 12.1. The summed E-state index contributed by atoms with van der Waals surface area (Å²) < 4.78 is 0. The van der Waals surface area contributed by atoms with Crippen molar-refractivity contribution in [1.82, 2.24) is 10.6 Å². The number of carbonyl (C=O) groups excluding carboxylic acids is 3. The molecule has 0 atom stereocenters. The van der Waals surface area contributed by atoms with Gasteiger partial charge in [-0.3, -0.25) is 14.4 Å². The van der Waals surface area contributed by atoms with Gasteiger partial charge in [0.2, 0.25) is 11.8 Å². The summed E-state index contributed by atoms with van der Waals surface area (Å²) in [5.74, 6) is -0.493. The SMILES string of the molecule is CC(=O)Nc1cccc(C(=O)NCCNC(=O)CCc2ccccc2)c1. The number of benzene rings is 2. The average molecular weight is 353 g/mol. The van der Waals surface area contributed by atoms with Crippen molar-refractivity contribution in [3.63, 3.8) is 0 Å². The molecule has 6 nitrogen and oxygen atoms in total. The van der Waals surface area contributed by atoms with Gasteiger partial charge in [0, 0.05) is 37.7 Å². The number of hydrogen-bond acceptors (Lipinski definition) is 3. The lowest BCUT2D eigenvalue weighted by Crippen LogP contribution is -2.34. The Morgan fingerprint density at radius 2 is 1.62 bits per heavy atom. The zero-order chi connectivity index (χ0) is 18.8. The Bertz CT molecular complexity index is 760. The monoisotopic (exact) mass is 353 g/mol. The van der Waals surface area contributed by atoms with Crippen molar-refractivity contribution in [3.05, 3.63) is 65.7 Å². The molecule has 0 bridgehead atoms. The third-order valence-corrected chi connectivity index (χ3v) is 3.66. The molecule has 0 aliphatic rings. The first-order valence-electron chi connectivity index (χ1n) is 8.51. The molecule has 0 radical (unpaired) electrons. The Morgan fingerprint density at radius 1 is 0.885 bits per heavy atom. The van der Waals surface area contributed by atoms with E-state index in [1.807, 2.05) is 30.3 Å². The molecule has 0 aromatic heterocycles. The van der Waals surface area contributed by atoms with Crippen LogP contribution >= 0.6 is 0 Å². The Balaban J connectivity index is 1.68. The van der Waals surface area contributed by atoms with Crippen molar-refractivity contribution in [2.75, 3.05) is 18.4 Å². The van der Waals surface area contributed by atoms with Crippen LogP contribution in [0.25, 0.3) is 0 Å². The molecule has 0 spiro atoms. The van der Waals surface area contributed by atoms with Crippen LogP contribution in [0.3, 0.4) is 0 Å². The molecule has 26 heavy (non-hydrogen) atoms. The van der Waals surface area contributed by atoms with E-state index in [-0.39, 0.29) is 17.7 Å². The summed E-state index contributed by atoms with van der Waals surface area (Å²) in [4.78, 5) is 35.0. The van der Waals surface area contributed by atoms with E-state index in [1.165, 1.54) is 6.92 Å². The molecule has 136 valence electrons. The van der Waals surface area contributed by atoms with E-state index >= 15 is 0 Å². The molecule has 0 fully saturated rings. The minimum absolute atomic E-state index is 0.0456. The number of nitrogens with one attached hydrogen (secondary N) is 3. The van der Waals surface area contributed by atoms with Crippen LogP contribution in [0.4, 0.5) is 5.69 Å². The van der Waals surface area contributed by atoms with Crippen LogP contribution in [0.5, 0.6) is 0 Å². The normalized spacial score (nSPS) is 10.0. The highest BCUT2D eigenvalue weighted by atomic mass is 16.2. The van der Waals surface area contributed by atoms with Gasteiger partial charge in [-0.15, -0.1) is 0 Å². The van der Waals surface area contributed by atoms with Gasteiger partial charge in [-0.1, -0.05) is 36.4 Å². The Kier molecular flexibility index (Phi) is 7.36. The zero-order valence-electron chi connectivity index (χ0n) is 14.7. The van der Waals surface area contributed by atoms with E-state index in [2.05, 4.69) is 16.0 Å². The number of aryl methyl sites for hydroxylation is 1. The molecule has 0 saturated heterocycles. The minimum Gasteiger partial charge on any atom is -0.354 e. The van der Waals surface area contributed by atoms with Crippen LogP contribution in [0.1, 0.15) is 29.3 Å². The topological polar surface area (TPSA) is 87.3 Å². The van der Waals surface area contributed by atoms with Crippen LogP contribution in [0.2, 0.25) is 0 Å². The highest BCUT2D eigenvalue weighted by molar-refractivity contribution is 5.96. The maximum absolute atomic E-state index is 12.1. The first kappa shape index (κ1) is 19.2. The van der Waals surface area contributed by atoms with Crippen LogP contribution in [-0.4, -0.2) is 30.8 Å². The third kappa shape index (κ3) is 6.76. The number of rotatable bonds is 8. The van der Waals surface area contributed by atoms with Crippen molar-refractivity contribution >= 4 is 23.4 Å². The molecule has 0 unspecified atom stereocenters. The maximum Gasteiger partial charge on any atom is 0.251 e. The van der Waals surface area contributed by atoms with Gasteiger partial charge in [-0.05, 0) is 30.2 Å². The summed E-state index contributed by atoms with van der Waals surface area (Å²) in [6.45, 7) is 2.11. The second kappa shape index (κ2) is 9.98. The molecule has 2 aromatic carbocycles. The summed E-state index contributed by atoms with van der Waals surface area (Å²) in [5, 5.41) is 8.16. The zero-order valence-corrected chi connectivity index (χ0v) is 14.7. The molecule has 0 saturated carbocycles. The molecule has 0 aliphatic heterocycles. The highest BCUT2D eigenvalue weighted by Crippen LogP contribution is 2.10. The van der Waals surface area contributed by atoms with Crippen molar-refractivity contribution in [3.8, 4) is 0 Å². The van der Waals surface area contributed by atoms with Gasteiger partial charge in [0.25, 0.3) is 5.91 Å². The molecular formula is C20H23N3O3. The van der Waals surface area contributed by atoms with Gasteiger partial charge < -0.3 is 16.0 Å². The second-order valence-electron chi connectivity index (χ2n) is 5.85. The molecular weight excluding hydrogens is 330 g/mol. The summed E-state index contributed by atoms with van der Waals surface area (Å²) in [6, 6.07) is 16.5. The fraction of sp³-hybridized carbons (Fsp3) is 0.250. The lowest BCUT2D eigenvalue weighted by atomic mass is 10.1. The first-order valence-corrected chi connectivity index (χ1v) is 8.51. The average Bonchev–Trinajstić information content (AvgIpc) is 2.64. The molecule has 3 amide bonds. The van der Waals surface area contributed by atoms with E-state index in [1.54, 1.807) is 24.3 Å². The molecule has 2 aromatic rings. The predicted octanol–water partition coefficient (Wildman–Crippen LogP) is 2.12. The quantitative estimate of drug-likeness (QED) is 0.635. The van der Waals surface area contributed by atoms with Gasteiger partial charge in [0.05, 0.1) is 0 Å². The highest BCUT2D eigenvalue weighted by Gasteiger charge is 2.07. The minimum atomic E-state index is -0.254. The van der Waals surface area contributed by atoms with Crippen molar-refractivity contribution in [1.29, 1.82) is 0 Å². The van der Waals surface area contributed by atoms with Crippen LogP contribution in [0.15, 0.2) is 54.6 Å². The number of carbonyl (C=O) groups is 3. The van der Waals surface area contributed by atoms with Gasteiger partial charge in [-0.2, -0.15) is 0 Å². The van der Waals surface area contributed by atoms with Crippen molar-refractivity contribution in [2.24, 2.45) is 0 Å². The van der Waals surface area contributed by atoms with Gasteiger partial charge in [0.1, 0.15) is 0 Å². The Morgan fingerprint density at radius 3 is 2.35 bits per heavy atom. The van der Waals surface area contributed by atoms with Gasteiger partial charge in [0.15, 0.2) is 0 Å². The van der Waals surface area contributed by atoms with Crippen molar-refractivity contribution in [2.45, 2.75) is 19.8 Å². The van der Waals surface area contributed by atoms with Crippen LogP contribution in [0, 0.1) is 0 Å². The molecule has 0 aliphatic carbocycles. The smallest absolute Gasteiger partial charge is 0.251 e. The fourth-order valence-corrected chi connectivity index (χ4v) is 2.41. The Hall–Kier alpha value is -3.15. The summed E-state index contributed by atoms with van der Waals surface area (Å²) in [7, 11) is 0. The summed E-state index contributed by atoms with van der Waals surface area (Å²) in [5.41, 5.74) is 2.14. The summed E-state index contributed by atoms with van der Waals surface area (Å²) >= 11 is 0. The van der Waals surface area contributed by atoms with Crippen LogP contribution in [-0.2, 0) is 16.0 Å². The molecule has 6 heteroatoms. The van der Waals surface area contributed by atoms with Crippen molar-refractivity contribution < 1.29 is 14.4 Å². The number of amides is 3. The lowest BCUT2D eigenvalue weighted by molar-refractivity contribution is -0.121. The fourth-order valence-electron chi connectivity index (χ4n) is 2.41. The van der Waals surface area contributed by atoms with Gasteiger partial charge >= 0.3 is 0 Å². The van der Waals surface area contributed by atoms with E-state index < -0.39 is 0 Å². The van der Waals surface area contributed by atoms with E-state index in [0.717, 1.165) is 5.56 Å². The molecule has 3 N–H and O–H groups in total. The van der Waals surface area contributed by atoms with E-state index in [0.29, 0.717) is 37.2 Å². The van der Waals surface area contributed by atoms with E-state index in [4.69, 9.17) is 0 Å². The molecule has 2 rings (SSSR count). The molecule has 0 heterocycles. The van der Waals surface area contributed by atoms with Gasteiger partial charge in [-0.25, -0.2) is 0 Å². The third-order valence-electron chi connectivity index (χ3n) is 3.66. The largest absolute Gasteiger partial charge is 0.354 e.